The van der Waals surface area contributed by atoms with E-state index in [0.717, 1.165) is 58.0 Å². The Balaban J connectivity index is 1.44. The van der Waals surface area contributed by atoms with Crippen LogP contribution in [-0.2, 0) is 11.3 Å². The number of carbonyl (C=O) groups excluding carboxylic acids is 1. The van der Waals surface area contributed by atoms with Gasteiger partial charge in [0.1, 0.15) is 0 Å². The first-order valence-corrected chi connectivity index (χ1v) is 9.37. The van der Waals surface area contributed by atoms with Crippen molar-refractivity contribution in [1.82, 2.24) is 14.7 Å². The minimum atomic E-state index is 0.149. The molecule has 1 amide bonds. The number of hydrogen-bond acceptors (Lipinski definition) is 4. The predicted molar refractivity (Wildman–Crippen MR) is 92.5 cm³/mol. The summed E-state index contributed by atoms with van der Waals surface area (Å²) in [5, 5.41) is 0. The van der Waals surface area contributed by atoms with Gasteiger partial charge in [0.2, 0.25) is 5.91 Å². The Kier molecular flexibility index (Phi) is 4.39. The summed E-state index contributed by atoms with van der Waals surface area (Å²) in [5.74, 6) is 1.16. The van der Waals surface area contributed by atoms with E-state index in [0.29, 0.717) is 12.3 Å². The Morgan fingerprint density at radius 1 is 1.25 bits per heavy atom. The van der Waals surface area contributed by atoms with Crippen LogP contribution in [0.25, 0.3) is 0 Å². The molecule has 1 saturated carbocycles. The lowest BCUT2D eigenvalue weighted by Gasteiger charge is -2.49. The molecule has 0 bridgehead atoms. The summed E-state index contributed by atoms with van der Waals surface area (Å²) in [7, 11) is 2.25. The number of carbonyl (C=O) groups is 1. The molecule has 0 unspecified atom stereocenters. The highest BCUT2D eigenvalue weighted by molar-refractivity contribution is 5.76. The molecule has 3 fully saturated rings. The summed E-state index contributed by atoms with van der Waals surface area (Å²) in [4.78, 5) is 19.7. The maximum Gasteiger partial charge on any atom is 0.222 e. The van der Waals surface area contributed by atoms with Crippen molar-refractivity contribution >= 4 is 5.91 Å². The summed E-state index contributed by atoms with van der Waals surface area (Å²) < 4.78 is 5.22. The van der Waals surface area contributed by atoms with Crippen LogP contribution >= 0.6 is 0 Å². The van der Waals surface area contributed by atoms with Gasteiger partial charge in [0.15, 0.2) is 0 Å². The van der Waals surface area contributed by atoms with Crippen LogP contribution in [0.3, 0.4) is 0 Å². The number of nitrogens with zero attached hydrogens (tertiary/aromatic N) is 3. The van der Waals surface area contributed by atoms with E-state index in [1.54, 1.807) is 6.26 Å². The SMILES string of the molecule is CN1CCN(Cc2ccoc2)C[C@@]12CCC(=O)N(CC1CC1)CC2. The average molecular weight is 331 g/mol. The first kappa shape index (κ1) is 16.2. The molecule has 1 aromatic rings. The fraction of sp³-hybridized carbons (Fsp3) is 0.737. The summed E-state index contributed by atoms with van der Waals surface area (Å²) in [6.45, 7) is 6.10. The summed E-state index contributed by atoms with van der Waals surface area (Å²) in [6, 6.07) is 2.05. The number of likely N-dealkylation sites (tertiary alicyclic amines) is 1. The van der Waals surface area contributed by atoms with Crippen LogP contribution in [0.15, 0.2) is 23.0 Å². The summed E-state index contributed by atoms with van der Waals surface area (Å²) in [6.07, 6.45) is 9.02. The van der Waals surface area contributed by atoms with Gasteiger partial charge in [0, 0.05) is 56.8 Å². The van der Waals surface area contributed by atoms with Crippen LogP contribution in [-0.4, -0.2) is 65.9 Å². The van der Waals surface area contributed by atoms with E-state index in [1.165, 1.54) is 18.4 Å². The number of amides is 1. The molecule has 1 atom stereocenters. The number of rotatable bonds is 4. The third kappa shape index (κ3) is 3.38. The summed E-state index contributed by atoms with van der Waals surface area (Å²) >= 11 is 0. The lowest BCUT2D eigenvalue weighted by molar-refractivity contribution is -0.131. The first-order chi connectivity index (χ1) is 11.6. The van der Waals surface area contributed by atoms with Crippen molar-refractivity contribution in [2.75, 3.05) is 39.8 Å². The van der Waals surface area contributed by atoms with Crippen molar-refractivity contribution in [3.8, 4) is 0 Å². The fourth-order valence-corrected chi connectivity index (χ4v) is 4.36. The Hall–Kier alpha value is -1.33. The Bertz CT molecular complexity index is 569. The van der Waals surface area contributed by atoms with Gasteiger partial charge in [-0.1, -0.05) is 0 Å². The highest BCUT2D eigenvalue weighted by Crippen LogP contribution is 2.35. The van der Waals surface area contributed by atoms with Gasteiger partial charge >= 0.3 is 0 Å². The molecule has 1 aliphatic carbocycles. The van der Waals surface area contributed by atoms with Crippen molar-refractivity contribution in [3.05, 3.63) is 24.2 Å². The van der Waals surface area contributed by atoms with E-state index in [-0.39, 0.29) is 5.54 Å². The number of piperazine rings is 1. The van der Waals surface area contributed by atoms with Crippen LogP contribution in [0.2, 0.25) is 0 Å². The molecule has 2 aliphatic heterocycles. The molecule has 2 saturated heterocycles. The minimum absolute atomic E-state index is 0.149. The zero-order valence-corrected chi connectivity index (χ0v) is 14.7. The van der Waals surface area contributed by atoms with Crippen LogP contribution in [0.5, 0.6) is 0 Å². The van der Waals surface area contributed by atoms with Crippen molar-refractivity contribution in [2.24, 2.45) is 5.92 Å². The normalized spacial score (nSPS) is 30.0. The molecule has 24 heavy (non-hydrogen) atoms. The van der Waals surface area contributed by atoms with Gasteiger partial charge in [0.05, 0.1) is 12.5 Å². The van der Waals surface area contributed by atoms with E-state index in [2.05, 4.69) is 27.8 Å². The van der Waals surface area contributed by atoms with Crippen LogP contribution in [0.1, 0.15) is 37.7 Å². The smallest absolute Gasteiger partial charge is 0.222 e. The summed E-state index contributed by atoms with van der Waals surface area (Å²) in [5.41, 5.74) is 1.39. The second kappa shape index (κ2) is 6.52. The van der Waals surface area contributed by atoms with E-state index < -0.39 is 0 Å². The molecule has 1 aromatic heterocycles. The van der Waals surface area contributed by atoms with Crippen molar-refractivity contribution in [1.29, 1.82) is 0 Å². The van der Waals surface area contributed by atoms with E-state index in [4.69, 9.17) is 4.42 Å². The van der Waals surface area contributed by atoms with Gasteiger partial charge in [-0.05, 0) is 44.7 Å². The van der Waals surface area contributed by atoms with Crippen molar-refractivity contribution in [3.63, 3.8) is 0 Å². The van der Waals surface area contributed by atoms with Gasteiger partial charge in [0.25, 0.3) is 0 Å². The highest BCUT2D eigenvalue weighted by Gasteiger charge is 2.42. The molecule has 3 heterocycles. The number of furan rings is 1. The zero-order chi connectivity index (χ0) is 16.6. The second-order valence-electron chi connectivity index (χ2n) is 8.02. The maximum atomic E-state index is 12.5. The number of likely N-dealkylation sites (N-methyl/N-ethyl adjacent to an activating group) is 1. The Morgan fingerprint density at radius 2 is 2.12 bits per heavy atom. The van der Waals surface area contributed by atoms with E-state index in [9.17, 15) is 4.79 Å². The topological polar surface area (TPSA) is 39.9 Å². The molecule has 0 aromatic carbocycles. The van der Waals surface area contributed by atoms with E-state index in [1.807, 2.05) is 6.26 Å². The Labute approximate surface area is 144 Å². The van der Waals surface area contributed by atoms with Gasteiger partial charge in [-0.25, -0.2) is 0 Å². The van der Waals surface area contributed by atoms with Crippen molar-refractivity contribution in [2.45, 2.75) is 44.2 Å². The third-order valence-electron chi connectivity index (χ3n) is 6.25. The maximum absolute atomic E-state index is 12.5. The zero-order valence-electron chi connectivity index (χ0n) is 14.7. The van der Waals surface area contributed by atoms with Gasteiger partial charge in [-0.2, -0.15) is 0 Å². The molecule has 0 N–H and O–H groups in total. The predicted octanol–water partition coefficient (Wildman–Crippen LogP) is 2.19. The first-order valence-electron chi connectivity index (χ1n) is 9.37. The molecule has 5 nitrogen and oxygen atoms in total. The van der Waals surface area contributed by atoms with Crippen LogP contribution in [0, 0.1) is 5.92 Å². The highest BCUT2D eigenvalue weighted by atomic mass is 16.3. The quantitative estimate of drug-likeness (QED) is 0.848. The largest absolute Gasteiger partial charge is 0.472 e. The Morgan fingerprint density at radius 3 is 2.88 bits per heavy atom. The molecule has 132 valence electrons. The molecule has 0 radical (unpaired) electrons. The second-order valence-corrected chi connectivity index (χ2v) is 8.02. The van der Waals surface area contributed by atoms with Gasteiger partial charge in [-0.15, -0.1) is 0 Å². The molecule has 3 aliphatic rings. The minimum Gasteiger partial charge on any atom is -0.472 e. The fourth-order valence-electron chi connectivity index (χ4n) is 4.36. The molecule has 5 heteroatoms. The molecular formula is C19H29N3O2. The van der Waals surface area contributed by atoms with Gasteiger partial charge < -0.3 is 9.32 Å². The number of hydrogen-bond donors (Lipinski definition) is 0. The standard InChI is InChI=1S/C19H29N3O2/c1-20-9-10-21(12-17-5-11-24-14-17)15-19(20)6-4-18(23)22(8-7-19)13-16-2-3-16/h5,11,14,16H,2-4,6-10,12-13,15H2,1H3/t19-/m0/s1. The van der Waals surface area contributed by atoms with Gasteiger partial charge in [-0.3, -0.25) is 14.6 Å². The monoisotopic (exact) mass is 331 g/mol. The molecule has 1 spiro atoms. The average Bonchev–Trinajstić information content (AvgIpc) is 3.28. The third-order valence-corrected chi connectivity index (χ3v) is 6.25. The van der Waals surface area contributed by atoms with Crippen molar-refractivity contribution < 1.29 is 9.21 Å². The molecular weight excluding hydrogens is 302 g/mol. The van der Waals surface area contributed by atoms with Crippen LogP contribution < -0.4 is 0 Å². The van der Waals surface area contributed by atoms with E-state index >= 15 is 0 Å². The van der Waals surface area contributed by atoms with Crippen LogP contribution in [0.4, 0.5) is 0 Å². The lowest BCUT2D eigenvalue weighted by atomic mass is 9.86. The lowest BCUT2D eigenvalue weighted by Crippen LogP contribution is -2.60. The molecule has 4 rings (SSSR count).